The van der Waals surface area contributed by atoms with Crippen LogP contribution in [0.2, 0.25) is 0 Å². The highest BCUT2D eigenvalue weighted by Crippen LogP contribution is 2.57. The molecule has 1 aromatic heterocycles. The molecule has 2 heterocycles. The number of aryl methyl sites for hydroxylation is 1. The molecule has 3 fully saturated rings. The molecule has 2 N–H and O–H groups in total. The number of amides is 2. The number of esters is 1. The van der Waals surface area contributed by atoms with E-state index in [0.29, 0.717) is 18.7 Å². The smallest absolute Gasteiger partial charge is 0.307 e. The lowest BCUT2D eigenvalue weighted by molar-refractivity contribution is -0.161. The van der Waals surface area contributed by atoms with Crippen LogP contribution < -0.4 is 9.46 Å². The van der Waals surface area contributed by atoms with Crippen LogP contribution in [-0.4, -0.2) is 82.6 Å². The molecule has 2 amide bonds. The Morgan fingerprint density at radius 1 is 1.21 bits per heavy atom. The van der Waals surface area contributed by atoms with Crippen molar-refractivity contribution in [1.82, 2.24) is 14.6 Å². The van der Waals surface area contributed by atoms with Gasteiger partial charge in [-0.1, -0.05) is 23.8 Å². The van der Waals surface area contributed by atoms with Gasteiger partial charge < -0.3 is 19.5 Å². The van der Waals surface area contributed by atoms with Crippen LogP contribution in [0, 0.1) is 24.2 Å². The van der Waals surface area contributed by atoms with Crippen LogP contribution in [-0.2, 0) is 33.9 Å². The van der Waals surface area contributed by atoms with E-state index >= 15 is 0 Å². The Kier molecular flexibility index (Phi) is 9.77. The molecule has 1 saturated heterocycles. The molecule has 6 atom stereocenters. The number of nitrogens with one attached hydrogen (secondary N) is 1. The number of aliphatic hydroxyl groups excluding tert-OH is 1. The van der Waals surface area contributed by atoms with Gasteiger partial charge in [-0.05, 0) is 77.3 Å². The molecule has 0 radical (unpaired) electrons. The van der Waals surface area contributed by atoms with Crippen LogP contribution >= 0.6 is 0 Å². The van der Waals surface area contributed by atoms with Gasteiger partial charge in [-0.25, -0.2) is 13.4 Å². The van der Waals surface area contributed by atoms with Crippen molar-refractivity contribution < 1.29 is 42.2 Å². The van der Waals surface area contributed by atoms with E-state index in [2.05, 4.69) is 16.3 Å². The highest BCUT2D eigenvalue weighted by molar-refractivity contribution is 7.90. The quantitative estimate of drug-likeness (QED) is 0.236. The zero-order valence-electron chi connectivity index (χ0n) is 28.1. The Labute approximate surface area is 281 Å². The number of fused-ring (bicyclic) bond motifs is 1. The Balaban J connectivity index is 1.42. The van der Waals surface area contributed by atoms with E-state index in [-0.39, 0.29) is 25.8 Å². The van der Waals surface area contributed by atoms with Crippen molar-refractivity contribution in [2.24, 2.45) is 17.3 Å². The van der Waals surface area contributed by atoms with Gasteiger partial charge in [0.2, 0.25) is 27.7 Å². The fourth-order valence-electron chi connectivity index (χ4n) is 6.50. The summed E-state index contributed by atoms with van der Waals surface area (Å²) in [4.78, 5) is 60.2. The number of sulfonamides is 1. The lowest BCUT2D eigenvalue weighted by atomic mass is 9.90. The first-order valence-corrected chi connectivity index (χ1v) is 17.9. The zero-order chi connectivity index (χ0) is 35.2. The third kappa shape index (κ3) is 7.72. The molecule has 2 saturated carbocycles. The number of hydrogen-bond acceptors (Lipinski definition) is 10. The van der Waals surface area contributed by atoms with Crippen LogP contribution in [0.25, 0.3) is 10.8 Å². The van der Waals surface area contributed by atoms with Gasteiger partial charge in [0.05, 0.1) is 41.7 Å². The molecule has 48 heavy (non-hydrogen) atoms. The topological polar surface area (TPSA) is 169 Å². The lowest BCUT2D eigenvalue weighted by Crippen LogP contribution is -2.48. The van der Waals surface area contributed by atoms with Gasteiger partial charge in [-0.15, -0.1) is 6.58 Å². The molecular weight excluding hydrogens is 638 g/mol. The number of rotatable bonds is 13. The van der Waals surface area contributed by atoms with Crippen molar-refractivity contribution in [1.29, 1.82) is 0 Å². The standard InChI is InChI=1S/C35H45N3O9S/c1-7-23-17-35(23,33(43)37-48(44,45)25-9-10-25)18-29(40)28-15-24(46-31-26-11-8-20(2)14-22(26)12-13-36-31)19-38(28)32(42)27(21(3)39)16-30(41)47-34(4,5)6/h7-8,11-14,21,23-25,27-28,39H,1,9-10,15-19H2,2-6H3,(H,37,43)/t21-,23+,24+,27?,28-,35+/m0/s1. The highest BCUT2D eigenvalue weighted by Gasteiger charge is 2.61. The first kappa shape index (κ1) is 35.5. The predicted octanol–water partition coefficient (Wildman–Crippen LogP) is 3.38. The second-order valence-electron chi connectivity index (χ2n) is 14.5. The summed E-state index contributed by atoms with van der Waals surface area (Å²) in [6.07, 6.45) is 1.72. The Hall–Kier alpha value is -3.84. The van der Waals surface area contributed by atoms with E-state index in [9.17, 15) is 32.7 Å². The van der Waals surface area contributed by atoms with Gasteiger partial charge in [-0.3, -0.25) is 23.9 Å². The molecule has 13 heteroatoms. The SMILES string of the molecule is C=C[C@@H]1C[C@]1(CC(=O)[C@@H]1C[C@@H](Oc2nccc3cc(C)ccc23)CN1C(=O)C(CC(=O)OC(C)(C)C)[C@H](C)O)C(=O)NS(=O)(=O)C1CC1. The number of likely N-dealkylation sites (tertiary alicyclic amines) is 1. The Morgan fingerprint density at radius 2 is 1.92 bits per heavy atom. The maximum Gasteiger partial charge on any atom is 0.307 e. The van der Waals surface area contributed by atoms with Gasteiger partial charge in [0.1, 0.15) is 11.7 Å². The van der Waals surface area contributed by atoms with E-state index in [4.69, 9.17) is 9.47 Å². The average Bonchev–Trinajstić information content (AvgIpc) is 3.91. The van der Waals surface area contributed by atoms with Crippen molar-refractivity contribution >= 4 is 44.4 Å². The molecule has 12 nitrogen and oxygen atoms in total. The van der Waals surface area contributed by atoms with Crippen molar-refractivity contribution in [3.63, 3.8) is 0 Å². The normalized spacial score (nSPS) is 25.2. The van der Waals surface area contributed by atoms with E-state index in [1.54, 1.807) is 27.0 Å². The molecule has 2 aliphatic carbocycles. The highest BCUT2D eigenvalue weighted by atomic mass is 32.2. The van der Waals surface area contributed by atoms with Gasteiger partial charge >= 0.3 is 5.97 Å². The van der Waals surface area contributed by atoms with Gasteiger partial charge in [0.25, 0.3) is 0 Å². The molecule has 1 unspecified atom stereocenters. The number of ketones is 1. The van der Waals surface area contributed by atoms with Gasteiger partial charge in [0.15, 0.2) is 5.78 Å². The number of benzene rings is 1. The predicted molar refractivity (Wildman–Crippen MR) is 177 cm³/mol. The number of hydrogen-bond donors (Lipinski definition) is 2. The van der Waals surface area contributed by atoms with E-state index < -0.39 is 86.4 Å². The zero-order valence-corrected chi connectivity index (χ0v) is 28.9. The minimum atomic E-state index is -3.86. The molecule has 5 rings (SSSR count). The van der Waals surface area contributed by atoms with Gasteiger partial charge in [-0.2, -0.15) is 0 Å². The fraction of sp³-hybridized carbons (Fsp3) is 0.571. The van der Waals surface area contributed by atoms with Crippen LogP contribution in [0.4, 0.5) is 0 Å². The minimum Gasteiger partial charge on any atom is -0.472 e. The summed E-state index contributed by atoms with van der Waals surface area (Å²) in [5.41, 5.74) is -1.08. The second-order valence-corrected chi connectivity index (χ2v) is 16.4. The lowest BCUT2D eigenvalue weighted by Gasteiger charge is -2.30. The number of aliphatic hydroxyl groups is 1. The summed E-state index contributed by atoms with van der Waals surface area (Å²) in [6.45, 7) is 12.2. The third-order valence-corrected chi connectivity index (χ3v) is 11.2. The number of allylic oxidation sites excluding steroid dienone is 1. The fourth-order valence-corrected chi connectivity index (χ4v) is 7.89. The molecule has 2 aromatic rings. The largest absolute Gasteiger partial charge is 0.472 e. The van der Waals surface area contributed by atoms with E-state index in [1.165, 1.54) is 17.9 Å². The molecule has 1 aliphatic heterocycles. The summed E-state index contributed by atoms with van der Waals surface area (Å²) in [5.74, 6) is -3.82. The summed E-state index contributed by atoms with van der Waals surface area (Å²) in [7, 11) is -3.86. The first-order chi connectivity index (χ1) is 22.4. The molecule has 0 spiro atoms. The van der Waals surface area contributed by atoms with E-state index in [1.807, 2.05) is 31.2 Å². The third-order valence-electron chi connectivity index (χ3n) is 9.34. The minimum absolute atomic E-state index is 0.0448. The number of ether oxygens (including phenoxy) is 2. The number of carbonyl (C=O) groups is 4. The summed E-state index contributed by atoms with van der Waals surface area (Å²) >= 11 is 0. The van der Waals surface area contributed by atoms with Crippen LogP contribution in [0.1, 0.15) is 71.8 Å². The van der Waals surface area contributed by atoms with Crippen molar-refractivity contribution in [2.75, 3.05) is 6.54 Å². The molecular formula is C35H45N3O9S. The van der Waals surface area contributed by atoms with Crippen molar-refractivity contribution in [3.8, 4) is 5.88 Å². The molecule has 260 valence electrons. The number of carbonyl (C=O) groups excluding carboxylic acids is 4. The molecule has 1 aromatic carbocycles. The number of Topliss-reactive ketones (excluding diaryl/α,β-unsaturated/α-hetero) is 1. The Morgan fingerprint density at radius 3 is 2.52 bits per heavy atom. The second kappa shape index (κ2) is 13.2. The maximum atomic E-state index is 14.2. The van der Waals surface area contributed by atoms with Crippen molar-refractivity contribution in [3.05, 3.63) is 48.7 Å². The van der Waals surface area contributed by atoms with Crippen LogP contribution in [0.3, 0.4) is 0 Å². The summed E-state index contributed by atoms with van der Waals surface area (Å²) in [6, 6.07) is 6.59. The molecule has 0 bridgehead atoms. The first-order valence-electron chi connectivity index (χ1n) is 16.4. The number of pyridine rings is 1. The van der Waals surface area contributed by atoms with Crippen LogP contribution in [0.15, 0.2) is 43.1 Å². The number of nitrogens with zero attached hydrogens (tertiary/aromatic N) is 2. The van der Waals surface area contributed by atoms with Gasteiger partial charge in [0, 0.05) is 24.4 Å². The number of aromatic nitrogens is 1. The molecule has 3 aliphatic rings. The Bertz CT molecular complexity index is 1730. The monoisotopic (exact) mass is 683 g/mol. The van der Waals surface area contributed by atoms with Crippen LogP contribution in [0.5, 0.6) is 5.88 Å². The summed E-state index contributed by atoms with van der Waals surface area (Å²) < 4.78 is 39.2. The summed E-state index contributed by atoms with van der Waals surface area (Å²) in [5, 5.41) is 11.7. The van der Waals surface area contributed by atoms with Crippen molar-refractivity contribution in [2.45, 2.75) is 102 Å². The average molecular weight is 684 g/mol. The maximum absolute atomic E-state index is 14.2. The van der Waals surface area contributed by atoms with E-state index in [0.717, 1.165) is 16.3 Å².